The first-order valence-electron chi connectivity index (χ1n) is 10.8. The minimum absolute atomic E-state index is 0.0130. The summed E-state index contributed by atoms with van der Waals surface area (Å²) in [4.78, 5) is 37.5. The van der Waals surface area contributed by atoms with Crippen molar-refractivity contribution in [1.29, 1.82) is 0 Å². The van der Waals surface area contributed by atoms with Gasteiger partial charge in [-0.3, -0.25) is 9.59 Å². The number of halogens is 1. The van der Waals surface area contributed by atoms with Gasteiger partial charge in [0.25, 0.3) is 5.91 Å². The summed E-state index contributed by atoms with van der Waals surface area (Å²) in [5.41, 5.74) is -1.35. The number of benzene rings is 2. The van der Waals surface area contributed by atoms with Crippen molar-refractivity contribution in [1.82, 2.24) is 10.6 Å². The molecule has 1 heterocycles. The Labute approximate surface area is 192 Å². The van der Waals surface area contributed by atoms with Gasteiger partial charge < -0.3 is 20.5 Å². The van der Waals surface area contributed by atoms with Gasteiger partial charge in [0, 0.05) is 21.7 Å². The Morgan fingerprint density at radius 3 is 2.44 bits per heavy atom. The highest BCUT2D eigenvalue weighted by atomic mass is 35.5. The summed E-state index contributed by atoms with van der Waals surface area (Å²) in [6, 6.07) is 8.70. The van der Waals surface area contributed by atoms with E-state index in [1.807, 2.05) is 12.1 Å². The molecule has 1 saturated heterocycles. The fourth-order valence-corrected chi connectivity index (χ4v) is 4.27. The molecule has 0 radical (unpaired) electrons. The number of amides is 1. The molecule has 2 aromatic carbocycles. The number of rotatable bonds is 8. The van der Waals surface area contributed by atoms with Crippen LogP contribution in [0.1, 0.15) is 50.4 Å². The van der Waals surface area contributed by atoms with Gasteiger partial charge in [-0.15, -0.1) is 0 Å². The number of carboxylic acid groups (broad SMARTS) is 1. The van der Waals surface area contributed by atoms with Crippen LogP contribution in [0.4, 0.5) is 0 Å². The lowest BCUT2D eigenvalue weighted by atomic mass is 9.90. The predicted octanol–water partition coefficient (Wildman–Crippen LogP) is 3.81. The molecular formula is C24H29ClN2O5. The first kappa shape index (κ1) is 24.0. The maximum absolute atomic E-state index is 13.3. The second kappa shape index (κ2) is 9.88. The molecule has 0 spiro atoms. The number of Topliss-reactive ketones (excluding diaryl/α,β-unsaturated/α-hetero) is 1. The zero-order chi connectivity index (χ0) is 23.5. The molecule has 1 fully saturated rings. The Morgan fingerprint density at radius 1 is 1.25 bits per heavy atom. The van der Waals surface area contributed by atoms with Crippen LogP contribution in [-0.2, 0) is 9.59 Å². The summed E-state index contributed by atoms with van der Waals surface area (Å²) in [6.07, 6.45) is 1.04. The third kappa shape index (κ3) is 4.89. The Balaban J connectivity index is 2.10. The van der Waals surface area contributed by atoms with Crippen LogP contribution in [0.2, 0.25) is 5.02 Å². The van der Waals surface area contributed by atoms with Crippen molar-refractivity contribution >= 4 is 40.0 Å². The minimum Gasteiger partial charge on any atom is -0.481 e. The van der Waals surface area contributed by atoms with Crippen LogP contribution in [0.5, 0.6) is 5.75 Å². The lowest BCUT2D eigenvalue weighted by Gasteiger charge is -2.31. The Kier molecular flexibility index (Phi) is 7.41. The molecule has 172 valence electrons. The van der Waals surface area contributed by atoms with Gasteiger partial charge in [0.2, 0.25) is 0 Å². The van der Waals surface area contributed by atoms with Crippen molar-refractivity contribution in [3.05, 3.63) is 40.9 Å². The maximum Gasteiger partial charge on any atom is 0.329 e. The number of ether oxygens (including phenoxy) is 1. The number of nitrogens with one attached hydrogen (secondary N) is 2. The van der Waals surface area contributed by atoms with Crippen molar-refractivity contribution in [3.63, 3.8) is 0 Å². The molecule has 2 atom stereocenters. The molecule has 0 aliphatic carbocycles. The fraction of sp³-hybridized carbons (Fsp3) is 0.458. The average Bonchev–Trinajstić information content (AvgIpc) is 2.78. The Morgan fingerprint density at radius 2 is 1.88 bits per heavy atom. The van der Waals surface area contributed by atoms with Crippen LogP contribution in [0.15, 0.2) is 30.3 Å². The summed E-state index contributed by atoms with van der Waals surface area (Å²) in [6.45, 7) is 6.20. The summed E-state index contributed by atoms with van der Waals surface area (Å²) < 4.78 is 6.30. The topological polar surface area (TPSA) is 105 Å². The van der Waals surface area contributed by atoms with Gasteiger partial charge in [-0.1, -0.05) is 42.8 Å². The monoisotopic (exact) mass is 460 g/mol. The van der Waals surface area contributed by atoms with E-state index < -0.39 is 23.5 Å². The van der Waals surface area contributed by atoms with Crippen molar-refractivity contribution in [2.75, 3.05) is 13.1 Å². The summed E-state index contributed by atoms with van der Waals surface area (Å²) in [7, 11) is 0. The van der Waals surface area contributed by atoms with Gasteiger partial charge >= 0.3 is 5.97 Å². The van der Waals surface area contributed by atoms with Crippen molar-refractivity contribution in [2.24, 2.45) is 5.92 Å². The molecule has 2 unspecified atom stereocenters. The van der Waals surface area contributed by atoms with Crippen LogP contribution < -0.4 is 15.4 Å². The lowest BCUT2D eigenvalue weighted by molar-refractivity contribution is -0.143. The van der Waals surface area contributed by atoms with E-state index in [0.717, 1.165) is 25.9 Å². The molecule has 8 heteroatoms. The van der Waals surface area contributed by atoms with Crippen LogP contribution in [0.3, 0.4) is 0 Å². The highest BCUT2D eigenvalue weighted by Crippen LogP contribution is 2.37. The average molecular weight is 461 g/mol. The molecule has 1 aliphatic heterocycles. The number of ketones is 1. The van der Waals surface area contributed by atoms with E-state index in [2.05, 4.69) is 10.6 Å². The highest BCUT2D eigenvalue weighted by Gasteiger charge is 2.35. The normalized spacial score (nSPS) is 17.4. The van der Waals surface area contributed by atoms with E-state index in [-0.39, 0.29) is 29.4 Å². The molecule has 1 aliphatic rings. The van der Waals surface area contributed by atoms with E-state index in [1.54, 1.807) is 19.1 Å². The van der Waals surface area contributed by atoms with Crippen LogP contribution >= 0.6 is 11.6 Å². The maximum atomic E-state index is 13.3. The van der Waals surface area contributed by atoms with E-state index >= 15 is 0 Å². The smallest absolute Gasteiger partial charge is 0.329 e. The van der Waals surface area contributed by atoms with Gasteiger partial charge in [0.1, 0.15) is 11.3 Å². The molecular weight excluding hydrogens is 432 g/mol. The number of carbonyl (C=O) groups is 3. The van der Waals surface area contributed by atoms with Crippen molar-refractivity contribution in [3.8, 4) is 5.75 Å². The van der Waals surface area contributed by atoms with E-state index in [0.29, 0.717) is 15.8 Å². The van der Waals surface area contributed by atoms with Gasteiger partial charge in [-0.05, 0) is 52.3 Å². The second-order valence-electron chi connectivity index (χ2n) is 8.46. The van der Waals surface area contributed by atoms with Gasteiger partial charge in [0.15, 0.2) is 11.9 Å². The Hall–Kier alpha value is -2.64. The molecule has 2 aromatic rings. The van der Waals surface area contributed by atoms with E-state index in [4.69, 9.17) is 16.3 Å². The van der Waals surface area contributed by atoms with Gasteiger partial charge in [-0.25, -0.2) is 4.79 Å². The lowest BCUT2D eigenvalue weighted by Crippen LogP contribution is -2.51. The molecule has 3 N–H and O–H groups in total. The molecule has 0 saturated carbocycles. The van der Waals surface area contributed by atoms with Crippen molar-refractivity contribution in [2.45, 2.75) is 51.7 Å². The number of hydrogen-bond acceptors (Lipinski definition) is 5. The standard InChI is InChI=1S/C24H29ClN2O5/c1-4-24(3,23(30)31)27-22(29)18-13-19(25)16-7-5-6-8-17(16)21(18)32-20(14(2)28)15-9-11-26-12-10-15/h5-8,13,15,20,26H,4,9-12H2,1-3H3,(H,27,29)(H,30,31). The first-order chi connectivity index (χ1) is 15.2. The molecule has 0 aromatic heterocycles. The largest absolute Gasteiger partial charge is 0.481 e. The zero-order valence-corrected chi connectivity index (χ0v) is 19.3. The molecule has 32 heavy (non-hydrogen) atoms. The van der Waals surface area contributed by atoms with Crippen LogP contribution in [-0.4, -0.2) is 47.5 Å². The summed E-state index contributed by atoms with van der Waals surface area (Å²) >= 11 is 6.47. The minimum atomic E-state index is -1.46. The molecule has 1 amide bonds. The number of fused-ring (bicyclic) bond motifs is 1. The number of carbonyl (C=O) groups excluding carboxylic acids is 2. The van der Waals surface area contributed by atoms with Gasteiger partial charge in [-0.2, -0.15) is 0 Å². The third-order valence-corrected chi connectivity index (χ3v) is 6.53. The summed E-state index contributed by atoms with van der Waals surface area (Å²) in [5, 5.41) is 17.1. The number of hydrogen-bond donors (Lipinski definition) is 3. The quantitative estimate of drug-likeness (QED) is 0.553. The predicted molar refractivity (Wildman–Crippen MR) is 123 cm³/mol. The number of piperidine rings is 1. The fourth-order valence-electron chi connectivity index (χ4n) is 4.00. The van der Waals surface area contributed by atoms with E-state index in [9.17, 15) is 19.5 Å². The van der Waals surface area contributed by atoms with Crippen molar-refractivity contribution < 1.29 is 24.2 Å². The van der Waals surface area contributed by atoms with Crippen LogP contribution in [0.25, 0.3) is 10.8 Å². The Bertz CT molecular complexity index is 1030. The zero-order valence-electron chi connectivity index (χ0n) is 18.5. The van der Waals surface area contributed by atoms with E-state index in [1.165, 1.54) is 19.9 Å². The third-order valence-electron chi connectivity index (χ3n) is 6.22. The molecule has 7 nitrogen and oxygen atoms in total. The molecule has 0 bridgehead atoms. The van der Waals surface area contributed by atoms with Gasteiger partial charge in [0.05, 0.1) is 5.56 Å². The second-order valence-corrected chi connectivity index (χ2v) is 8.87. The SMILES string of the molecule is CCC(C)(NC(=O)c1cc(Cl)c2ccccc2c1OC(C(C)=O)C1CCNCC1)C(=O)O. The van der Waals surface area contributed by atoms with Crippen LogP contribution in [0, 0.1) is 5.92 Å². The first-order valence-corrected chi connectivity index (χ1v) is 11.2. The number of carboxylic acids is 1. The molecule has 3 rings (SSSR count). The number of aliphatic carboxylic acids is 1. The summed E-state index contributed by atoms with van der Waals surface area (Å²) in [5.74, 6) is -1.62. The highest BCUT2D eigenvalue weighted by molar-refractivity contribution is 6.36.